The molecule has 9 heteroatoms. The van der Waals surface area contributed by atoms with Crippen molar-refractivity contribution in [3.63, 3.8) is 0 Å². The highest BCUT2D eigenvalue weighted by atomic mass is 35.5. The quantitative estimate of drug-likeness (QED) is 0.808. The summed E-state index contributed by atoms with van der Waals surface area (Å²) in [4.78, 5) is 11.1. The largest absolute Gasteiger partial charge is 0.398 e. The molecular weight excluding hydrogens is 325 g/mol. The van der Waals surface area contributed by atoms with Gasteiger partial charge in [0.05, 0.1) is 10.7 Å². The Kier molecular flexibility index (Phi) is 4.15. The van der Waals surface area contributed by atoms with Crippen molar-refractivity contribution < 1.29 is 13.2 Å². The normalized spacial score (nSPS) is 20.2. The summed E-state index contributed by atoms with van der Waals surface area (Å²) in [5.74, 6) is -0.685. The number of benzene rings is 1. The van der Waals surface area contributed by atoms with Crippen LogP contribution in [0.4, 0.5) is 5.69 Å². The van der Waals surface area contributed by atoms with Crippen LogP contribution in [0.15, 0.2) is 17.0 Å². The predicted octanol–water partition coefficient (Wildman–Crippen LogP) is 1.21. The van der Waals surface area contributed by atoms with E-state index in [1.807, 2.05) is 0 Å². The molecular formula is C11H13Cl2N3O3S. The Bertz CT molecular complexity index is 640. The number of carbonyl (C=O) groups excluding carboxylic acids is 1. The van der Waals surface area contributed by atoms with Gasteiger partial charge in [0.1, 0.15) is 10.9 Å². The van der Waals surface area contributed by atoms with Crippen LogP contribution in [0.2, 0.25) is 10.0 Å². The van der Waals surface area contributed by atoms with Crippen LogP contribution in [0.5, 0.6) is 0 Å². The van der Waals surface area contributed by atoms with Crippen molar-refractivity contribution in [1.29, 1.82) is 0 Å². The molecule has 110 valence electrons. The summed E-state index contributed by atoms with van der Waals surface area (Å²) < 4.78 is 26.3. The van der Waals surface area contributed by atoms with Gasteiger partial charge in [-0.2, -0.15) is 4.31 Å². The van der Waals surface area contributed by atoms with Crippen LogP contribution < -0.4 is 11.5 Å². The van der Waals surface area contributed by atoms with Gasteiger partial charge in [0.25, 0.3) is 0 Å². The van der Waals surface area contributed by atoms with Gasteiger partial charge in [-0.3, -0.25) is 4.79 Å². The molecule has 1 aliphatic rings. The summed E-state index contributed by atoms with van der Waals surface area (Å²) >= 11 is 11.7. The Balaban J connectivity index is 2.54. The van der Waals surface area contributed by atoms with Crippen molar-refractivity contribution in [2.45, 2.75) is 23.8 Å². The van der Waals surface area contributed by atoms with Gasteiger partial charge in [0.2, 0.25) is 15.9 Å². The molecule has 1 aliphatic heterocycles. The fraction of sp³-hybridized carbons (Fsp3) is 0.364. The zero-order chi connectivity index (χ0) is 15.1. The Morgan fingerprint density at radius 3 is 2.55 bits per heavy atom. The lowest BCUT2D eigenvalue weighted by Crippen LogP contribution is -2.43. The topological polar surface area (TPSA) is 106 Å². The second kappa shape index (κ2) is 5.40. The molecule has 0 radical (unpaired) electrons. The minimum atomic E-state index is -3.99. The Labute approximate surface area is 126 Å². The predicted molar refractivity (Wildman–Crippen MR) is 77.0 cm³/mol. The third-order valence-corrected chi connectivity index (χ3v) is 5.79. The number of nitrogens with two attached hydrogens (primary N) is 2. The molecule has 2 rings (SSSR count). The number of halogens is 2. The second-order valence-corrected chi connectivity index (χ2v) is 7.15. The van der Waals surface area contributed by atoms with Gasteiger partial charge in [0, 0.05) is 11.6 Å². The van der Waals surface area contributed by atoms with E-state index >= 15 is 0 Å². The lowest BCUT2D eigenvalue weighted by atomic mass is 10.2. The van der Waals surface area contributed by atoms with Crippen LogP contribution in [-0.4, -0.2) is 31.2 Å². The van der Waals surface area contributed by atoms with Gasteiger partial charge in [-0.25, -0.2) is 8.42 Å². The van der Waals surface area contributed by atoms with E-state index in [2.05, 4.69) is 0 Å². The van der Waals surface area contributed by atoms with Crippen LogP contribution in [0.1, 0.15) is 12.8 Å². The molecule has 0 bridgehead atoms. The number of anilines is 1. The molecule has 20 heavy (non-hydrogen) atoms. The maximum absolute atomic E-state index is 12.6. The summed E-state index contributed by atoms with van der Waals surface area (Å²) in [5, 5.41) is 0.157. The molecule has 4 N–H and O–H groups in total. The Morgan fingerprint density at radius 1 is 1.35 bits per heavy atom. The van der Waals surface area contributed by atoms with Crippen molar-refractivity contribution >= 4 is 44.8 Å². The van der Waals surface area contributed by atoms with Gasteiger partial charge in [-0.1, -0.05) is 23.2 Å². The first-order valence-corrected chi connectivity index (χ1v) is 8.00. The minimum absolute atomic E-state index is 0.0578. The summed E-state index contributed by atoms with van der Waals surface area (Å²) in [6.07, 6.45) is 0.942. The first kappa shape index (κ1) is 15.4. The molecule has 1 aromatic carbocycles. The maximum Gasteiger partial charge on any atom is 0.247 e. The number of amides is 1. The molecule has 6 nitrogen and oxygen atoms in total. The lowest BCUT2D eigenvalue weighted by molar-refractivity contribution is -0.121. The number of carbonyl (C=O) groups is 1. The van der Waals surface area contributed by atoms with Gasteiger partial charge in [-0.05, 0) is 25.0 Å². The zero-order valence-corrected chi connectivity index (χ0v) is 12.7. The third kappa shape index (κ3) is 2.58. The van der Waals surface area contributed by atoms with Crippen LogP contribution >= 0.6 is 23.2 Å². The number of nitrogens with zero attached hydrogens (tertiary/aromatic N) is 1. The molecule has 1 saturated heterocycles. The Morgan fingerprint density at radius 2 is 2.00 bits per heavy atom. The van der Waals surface area contributed by atoms with E-state index < -0.39 is 22.0 Å². The molecule has 1 amide bonds. The average Bonchev–Trinajstić information content (AvgIpc) is 2.75. The molecule has 1 atom stereocenters. The fourth-order valence-electron chi connectivity index (χ4n) is 2.28. The monoisotopic (exact) mass is 337 g/mol. The molecule has 0 aromatic heterocycles. The highest BCUT2D eigenvalue weighted by Crippen LogP contribution is 2.35. The molecule has 1 heterocycles. The van der Waals surface area contributed by atoms with Crippen molar-refractivity contribution in [3.05, 3.63) is 22.2 Å². The van der Waals surface area contributed by atoms with E-state index in [4.69, 9.17) is 34.7 Å². The van der Waals surface area contributed by atoms with Gasteiger partial charge in [-0.15, -0.1) is 0 Å². The lowest BCUT2D eigenvalue weighted by Gasteiger charge is -2.23. The zero-order valence-electron chi connectivity index (χ0n) is 10.3. The first-order chi connectivity index (χ1) is 9.25. The Hall–Kier alpha value is -1.02. The number of hydrogen-bond donors (Lipinski definition) is 2. The number of rotatable bonds is 3. The second-order valence-electron chi connectivity index (χ2n) is 4.48. The van der Waals surface area contributed by atoms with Gasteiger partial charge < -0.3 is 11.5 Å². The molecule has 1 fully saturated rings. The molecule has 1 unspecified atom stereocenters. The van der Waals surface area contributed by atoms with Crippen LogP contribution in [0, 0.1) is 0 Å². The number of nitrogen functional groups attached to an aromatic ring is 1. The van der Waals surface area contributed by atoms with E-state index in [-0.39, 0.29) is 27.2 Å². The van der Waals surface area contributed by atoms with Crippen molar-refractivity contribution in [2.75, 3.05) is 12.3 Å². The van der Waals surface area contributed by atoms with E-state index in [1.165, 1.54) is 12.1 Å². The SMILES string of the molecule is NC(=O)C1CCCN1S(=O)(=O)c1c(N)cc(Cl)cc1Cl. The number of primary amides is 1. The smallest absolute Gasteiger partial charge is 0.247 e. The summed E-state index contributed by atoms with van der Waals surface area (Å²) in [5.41, 5.74) is 10.9. The summed E-state index contributed by atoms with van der Waals surface area (Å²) in [6, 6.07) is 1.73. The maximum atomic E-state index is 12.6. The highest BCUT2D eigenvalue weighted by molar-refractivity contribution is 7.89. The fourth-order valence-corrected chi connectivity index (χ4v) is 4.89. The first-order valence-electron chi connectivity index (χ1n) is 5.81. The van der Waals surface area contributed by atoms with Crippen LogP contribution in [-0.2, 0) is 14.8 Å². The highest BCUT2D eigenvalue weighted by Gasteiger charge is 2.40. The molecule has 0 spiro atoms. The van der Waals surface area contributed by atoms with Crippen molar-refractivity contribution in [3.8, 4) is 0 Å². The minimum Gasteiger partial charge on any atom is -0.398 e. The van der Waals surface area contributed by atoms with E-state index in [0.717, 1.165) is 4.31 Å². The molecule has 1 aromatic rings. The molecule has 0 aliphatic carbocycles. The van der Waals surface area contributed by atoms with Gasteiger partial charge in [0.15, 0.2) is 0 Å². The van der Waals surface area contributed by atoms with Gasteiger partial charge >= 0.3 is 0 Å². The summed E-state index contributed by atoms with van der Waals surface area (Å²) in [6.45, 7) is 0.203. The standard InChI is InChI=1S/C11H13Cl2N3O3S/c12-6-4-7(13)10(8(14)5-6)20(18,19)16-3-1-2-9(16)11(15)17/h4-5,9H,1-3,14H2,(H2,15,17). The number of sulfonamides is 1. The van der Waals surface area contributed by atoms with Crippen molar-refractivity contribution in [1.82, 2.24) is 4.31 Å². The number of hydrogen-bond acceptors (Lipinski definition) is 4. The van der Waals surface area contributed by atoms with Crippen LogP contribution in [0.3, 0.4) is 0 Å². The van der Waals surface area contributed by atoms with E-state index in [9.17, 15) is 13.2 Å². The third-order valence-electron chi connectivity index (χ3n) is 3.14. The van der Waals surface area contributed by atoms with Crippen LogP contribution in [0.25, 0.3) is 0 Å². The van der Waals surface area contributed by atoms with Crippen molar-refractivity contribution in [2.24, 2.45) is 5.73 Å². The van der Waals surface area contributed by atoms with E-state index in [1.54, 1.807) is 0 Å². The average molecular weight is 338 g/mol. The summed E-state index contributed by atoms with van der Waals surface area (Å²) in [7, 11) is -3.99. The van der Waals surface area contributed by atoms with E-state index in [0.29, 0.717) is 12.8 Å². The molecule has 0 saturated carbocycles.